The molecule has 1 aromatic carbocycles. The smallest absolute Gasteiger partial charge is 0.275 e. The van der Waals surface area contributed by atoms with E-state index in [1.165, 1.54) is 5.56 Å². The molecule has 4 rings (SSSR count). The largest absolute Gasteiger partial charge is 0.355 e. The van der Waals surface area contributed by atoms with Gasteiger partial charge in [0.15, 0.2) is 11.5 Å². The number of carbonyl (C=O) groups excluding carboxylic acids is 1. The van der Waals surface area contributed by atoms with Gasteiger partial charge in [-0.3, -0.25) is 15.6 Å². The van der Waals surface area contributed by atoms with Crippen molar-refractivity contribution in [3.8, 4) is 10.6 Å². The van der Waals surface area contributed by atoms with Crippen LogP contribution in [-0.4, -0.2) is 35.6 Å². The number of hydrazine groups is 1. The van der Waals surface area contributed by atoms with E-state index in [0.29, 0.717) is 23.5 Å². The molecule has 0 aliphatic carbocycles. The lowest BCUT2D eigenvalue weighted by Gasteiger charge is -2.15. The number of nitrogens with one attached hydrogen (secondary N) is 2. The zero-order valence-electron chi connectivity index (χ0n) is 17.2. The molecule has 3 heterocycles. The van der Waals surface area contributed by atoms with E-state index >= 15 is 0 Å². The predicted octanol–water partition coefficient (Wildman–Crippen LogP) is 4.64. The van der Waals surface area contributed by atoms with Crippen molar-refractivity contribution < 1.29 is 9.32 Å². The van der Waals surface area contributed by atoms with E-state index in [0.717, 1.165) is 43.5 Å². The summed E-state index contributed by atoms with van der Waals surface area (Å²) in [6.45, 7) is 0.725. The van der Waals surface area contributed by atoms with E-state index in [9.17, 15) is 4.79 Å². The number of thiophene rings is 1. The molecule has 0 saturated carbocycles. The van der Waals surface area contributed by atoms with Gasteiger partial charge in [0.2, 0.25) is 0 Å². The third kappa shape index (κ3) is 5.16. The van der Waals surface area contributed by atoms with Gasteiger partial charge in [-0.2, -0.15) is 0 Å². The van der Waals surface area contributed by atoms with Gasteiger partial charge in [0.05, 0.1) is 4.88 Å². The minimum atomic E-state index is -0.0890. The molecule has 1 amide bonds. The molecule has 30 heavy (non-hydrogen) atoms. The molecule has 1 fully saturated rings. The van der Waals surface area contributed by atoms with Crippen LogP contribution < -0.4 is 10.9 Å². The van der Waals surface area contributed by atoms with E-state index < -0.39 is 0 Å². The first-order valence-electron chi connectivity index (χ1n) is 10.5. The first kappa shape index (κ1) is 20.8. The van der Waals surface area contributed by atoms with Crippen molar-refractivity contribution in [2.75, 3.05) is 13.6 Å². The second kappa shape index (κ2) is 10.0. The fraction of sp³-hybridized carbons (Fsp3) is 0.391. The van der Waals surface area contributed by atoms with Crippen molar-refractivity contribution in [1.29, 1.82) is 0 Å². The fourth-order valence-corrected chi connectivity index (χ4v) is 4.51. The van der Waals surface area contributed by atoms with Gasteiger partial charge in [0, 0.05) is 31.7 Å². The number of hydrogen-bond donors (Lipinski definition) is 2. The summed E-state index contributed by atoms with van der Waals surface area (Å²) in [5.74, 6) is 0.558. The van der Waals surface area contributed by atoms with Crippen molar-refractivity contribution in [3.63, 3.8) is 0 Å². The molecule has 0 spiro atoms. The Bertz CT molecular complexity index is 926. The van der Waals surface area contributed by atoms with Crippen molar-refractivity contribution in [2.45, 2.75) is 44.2 Å². The summed E-state index contributed by atoms with van der Waals surface area (Å²) in [6.07, 6.45) is 5.49. The minimum Gasteiger partial charge on any atom is -0.355 e. The number of amides is 1. The standard InChI is InChI=1S/C23H28N4O2S/c1-27(23(28)20-16-21(29-26-20)22-12-8-14-30-22)13-7-3-6-11-18-15-19(25-24-18)17-9-4-2-5-10-17/h2,4-5,8-10,12,14,16,18-19,24-25H,3,6-7,11,13,15H2,1H3. The van der Waals surface area contributed by atoms with Gasteiger partial charge in [-0.15, -0.1) is 11.3 Å². The van der Waals surface area contributed by atoms with E-state index in [-0.39, 0.29) is 5.91 Å². The number of aromatic nitrogens is 1. The van der Waals surface area contributed by atoms with Crippen LogP contribution >= 0.6 is 11.3 Å². The highest BCUT2D eigenvalue weighted by Crippen LogP contribution is 2.26. The third-order valence-corrected chi connectivity index (χ3v) is 6.45. The maximum absolute atomic E-state index is 12.6. The predicted molar refractivity (Wildman–Crippen MR) is 119 cm³/mol. The molecule has 1 aliphatic rings. The molecule has 2 atom stereocenters. The van der Waals surface area contributed by atoms with Crippen LogP contribution in [0.15, 0.2) is 58.4 Å². The molecule has 1 saturated heterocycles. The second-order valence-electron chi connectivity index (χ2n) is 7.81. The Balaban J connectivity index is 1.14. The monoisotopic (exact) mass is 424 g/mol. The SMILES string of the molecule is CN(CCCCCC1CC(c2ccccc2)NN1)C(=O)c1cc(-c2cccs2)on1. The van der Waals surface area contributed by atoms with Crippen LogP contribution in [0.3, 0.4) is 0 Å². The summed E-state index contributed by atoms with van der Waals surface area (Å²) in [6, 6.07) is 17.1. The lowest BCUT2D eigenvalue weighted by atomic mass is 9.99. The van der Waals surface area contributed by atoms with Crippen LogP contribution in [0.1, 0.15) is 54.2 Å². The summed E-state index contributed by atoms with van der Waals surface area (Å²) in [5, 5.41) is 5.92. The van der Waals surface area contributed by atoms with Crippen LogP contribution in [0.25, 0.3) is 10.6 Å². The average Bonchev–Trinajstić information content (AvgIpc) is 3.54. The zero-order valence-corrected chi connectivity index (χ0v) is 18.0. The Morgan fingerprint density at radius 1 is 1.17 bits per heavy atom. The van der Waals surface area contributed by atoms with E-state index in [4.69, 9.17) is 4.52 Å². The molecule has 0 radical (unpaired) electrons. The molecular formula is C23H28N4O2S. The van der Waals surface area contributed by atoms with Crippen molar-refractivity contribution in [1.82, 2.24) is 20.9 Å². The van der Waals surface area contributed by atoms with E-state index in [2.05, 4.69) is 46.3 Å². The summed E-state index contributed by atoms with van der Waals surface area (Å²) < 4.78 is 5.32. The molecule has 7 heteroatoms. The lowest BCUT2D eigenvalue weighted by molar-refractivity contribution is 0.0782. The quantitative estimate of drug-likeness (QED) is 0.490. The molecule has 2 N–H and O–H groups in total. The molecule has 2 unspecified atom stereocenters. The first-order valence-corrected chi connectivity index (χ1v) is 11.4. The Kier molecular flexibility index (Phi) is 6.94. The lowest BCUT2D eigenvalue weighted by Crippen LogP contribution is -2.30. The van der Waals surface area contributed by atoms with Crippen LogP contribution in [-0.2, 0) is 0 Å². The fourth-order valence-electron chi connectivity index (χ4n) is 3.84. The molecule has 0 bridgehead atoms. The highest BCUT2D eigenvalue weighted by Gasteiger charge is 2.24. The summed E-state index contributed by atoms with van der Waals surface area (Å²) in [5.41, 5.74) is 8.54. The van der Waals surface area contributed by atoms with Gasteiger partial charge >= 0.3 is 0 Å². The number of rotatable bonds is 9. The second-order valence-corrected chi connectivity index (χ2v) is 8.76. The summed E-state index contributed by atoms with van der Waals surface area (Å²) >= 11 is 1.57. The van der Waals surface area contributed by atoms with Gasteiger partial charge in [-0.05, 0) is 36.3 Å². The Hall–Kier alpha value is -2.48. The van der Waals surface area contributed by atoms with Crippen LogP contribution in [0.4, 0.5) is 0 Å². The summed E-state index contributed by atoms with van der Waals surface area (Å²) in [7, 11) is 1.83. The molecule has 158 valence electrons. The summed E-state index contributed by atoms with van der Waals surface area (Å²) in [4.78, 5) is 15.3. The molecule has 3 aromatic rings. The van der Waals surface area contributed by atoms with E-state index in [1.54, 1.807) is 22.3 Å². The third-order valence-electron chi connectivity index (χ3n) is 5.57. The normalized spacial score (nSPS) is 18.6. The van der Waals surface area contributed by atoms with Gasteiger partial charge in [-0.1, -0.05) is 54.4 Å². The highest BCUT2D eigenvalue weighted by atomic mass is 32.1. The van der Waals surface area contributed by atoms with Crippen LogP contribution in [0.2, 0.25) is 0 Å². The molecule has 1 aliphatic heterocycles. The van der Waals surface area contributed by atoms with Gasteiger partial charge in [0.25, 0.3) is 5.91 Å². The van der Waals surface area contributed by atoms with Gasteiger partial charge in [0.1, 0.15) is 0 Å². The topological polar surface area (TPSA) is 70.4 Å². The number of unbranched alkanes of at least 4 members (excludes halogenated alkanes) is 2. The van der Waals surface area contributed by atoms with Crippen molar-refractivity contribution in [2.24, 2.45) is 0 Å². The number of benzene rings is 1. The number of carbonyl (C=O) groups is 1. The first-order chi connectivity index (χ1) is 14.7. The molecular weight excluding hydrogens is 396 g/mol. The maximum atomic E-state index is 12.6. The Labute approximate surface area is 181 Å². The minimum absolute atomic E-state index is 0.0890. The Morgan fingerprint density at radius 2 is 2.03 bits per heavy atom. The molecule has 2 aromatic heterocycles. The van der Waals surface area contributed by atoms with Crippen LogP contribution in [0.5, 0.6) is 0 Å². The highest BCUT2D eigenvalue weighted by molar-refractivity contribution is 7.13. The number of nitrogens with zero attached hydrogens (tertiary/aromatic N) is 2. The van der Waals surface area contributed by atoms with Gasteiger partial charge in [-0.25, -0.2) is 0 Å². The maximum Gasteiger partial charge on any atom is 0.275 e. The Morgan fingerprint density at radius 3 is 2.83 bits per heavy atom. The average molecular weight is 425 g/mol. The van der Waals surface area contributed by atoms with Crippen molar-refractivity contribution >= 4 is 17.2 Å². The van der Waals surface area contributed by atoms with E-state index in [1.807, 2.05) is 24.6 Å². The van der Waals surface area contributed by atoms with Crippen molar-refractivity contribution in [3.05, 3.63) is 65.2 Å². The van der Waals surface area contributed by atoms with Crippen LogP contribution in [0, 0.1) is 0 Å². The van der Waals surface area contributed by atoms with Gasteiger partial charge < -0.3 is 9.42 Å². The zero-order chi connectivity index (χ0) is 20.8. The number of hydrogen-bond acceptors (Lipinski definition) is 6. The molecule has 6 nitrogen and oxygen atoms in total.